The molecule has 2 nitrogen and oxygen atoms in total. The Labute approximate surface area is 85.3 Å². The molecule has 1 aromatic carbocycles. The van der Waals surface area contributed by atoms with Crippen LogP contribution in [-0.4, -0.2) is 31.3 Å². The van der Waals surface area contributed by atoms with Crippen LogP contribution < -0.4 is 0 Å². The molecule has 1 rings (SSSR count). The Morgan fingerprint density at radius 2 is 1.80 bits per heavy atom. The second-order valence-corrected chi connectivity index (χ2v) is 3.38. The van der Waals surface area contributed by atoms with Gasteiger partial charge in [-0.2, -0.15) is 0 Å². The van der Waals surface area contributed by atoms with Gasteiger partial charge >= 0.3 is 0 Å². The highest BCUT2D eigenvalue weighted by Crippen LogP contribution is 2.15. The number of carbonyl (C=O) groups excluding carboxylic acids is 1. The molecule has 5 heteroatoms. The van der Waals surface area contributed by atoms with Crippen LogP contribution in [0.2, 0.25) is 0 Å². The van der Waals surface area contributed by atoms with Crippen molar-refractivity contribution in [2.24, 2.45) is 0 Å². The summed E-state index contributed by atoms with van der Waals surface area (Å²) in [7, 11) is 3.24. The van der Waals surface area contributed by atoms with Gasteiger partial charge < -0.3 is 4.90 Å². The normalized spacial score (nSPS) is 10.8. The molecule has 0 aliphatic rings. The van der Waals surface area contributed by atoms with Crippen LogP contribution >= 0.6 is 0 Å². The van der Waals surface area contributed by atoms with Gasteiger partial charge in [0.1, 0.15) is 0 Å². The van der Waals surface area contributed by atoms with Crippen LogP contribution in [0.4, 0.5) is 13.2 Å². The van der Waals surface area contributed by atoms with Gasteiger partial charge in [-0.3, -0.25) is 4.79 Å². The van der Waals surface area contributed by atoms with Crippen molar-refractivity contribution in [2.45, 2.75) is 0 Å². The Balaban J connectivity index is 3.06. The lowest BCUT2D eigenvalue weighted by molar-refractivity contribution is 0.0952. The first-order valence-electron chi connectivity index (χ1n) is 4.25. The molecule has 0 aromatic heterocycles. The van der Waals surface area contributed by atoms with Crippen molar-refractivity contribution in [3.8, 4) is 0 Å². The fourth-order valence-electron chi connectivity index (χ4n) is 1.11. The molecule has 0 N–H and O–H groups in total. The van der Waals surface area contributed by atoms with Gasteiger partial charge in [-0.15, -0.1) is 0 Å². The van der Waals surface area contributed by atoms with Crippen LogP contribution in [0, 0.1) is 17.5 Å². The zero-order valence-electron chi connectivity index (χ0n) is 8.35. The zero-order valence-corrected chi connectivity index (χ0v) is 8.35. The van der Waals surface area contributed by atoms with E-state index < -0.39 is 28.8 Å². The zero-order chi connectivity index (χ0) is 11.6. The number of benzene rings is 1. The molecule has 1 aromatic rings. The van der Waals surface area contributed by atoms with E-state index in [1.165, 1.54) is 4.90 Å². The average molecular weight is 217 g/mol. The number of hydrogen-bond donors (Lipinski definition) is 0. The highest BCUT2D eigenvalue weighted by molar-refractivity contribution is 5.97. The van der Waals surface area contributed by atoms with E-state index in [4.69, 9.17) is 0 Å². The quantitative estimate of drug-likeness (QED) is 0.568. The van der Waals surface area contributed by atoms with Crippen LogP contribution in [0.25, 0.3) is 0 Å². The van der Waals surface area contributed by atoms with E-state index in [1.54, 1.807) is 14.1 Å². The molecule has 0 aliphatic heterocycles. The SMILES string of the molecule is CN(C)CC(=O)c1ccc(F)c(F)c1F. The van der Waals surface area contributed by atoms with Gasteiger partial charge in [0.05, 0.1) is 12.1 Å². The van der Waals surface area contributed by atoms with Crippen LogP contribution in [0.3, 0.4) is 0 Å². The molecule has 0 aliphatic carbocycles. The summed E-state index contributed by atoms with van der Waals surface area (Å²) >= 11 is 0. The van der Waals surface area contributed by atoms with E-state index in [1.807, 2.05) is 0 Å². The lowest BCUT2D eigenvalue weighted by atomic mass is 10.1. The molecule has 0 heterocycles. The highest BCUT2D eigenvalue weighted by Gasteiger charge is 2.18. The van der Waals surface area contributed by atoms with E-state index in [0.29, 0.717) is 0 Å². The minimum atomic E-state index is -1.61. The third kappa shape index (κ3) is 2.56. The summed E-state index contributed by atoms with van der Waals surface area (Å²) in [4.78, 5) is 12.9. The predicted molar refractivity (Wildman–Crippen MR) is 49.2 cm³/mol. The number of halogens is 3. The molecule has 82 valence electrons. The second kappa shape index (κ2) is 4.44. The molecule has 0 unspecified atom stereocenters. The lowest BCUT2D eigenvalue weighted by Crippen LogP contribution is -2.22. The summed E-state index contributed by atoms with van der Waals surface area (Å²) in [5, 5.41) is 0. The Bertz CT molecular complexity index is 390. The maximum absolute atomic E-state index is 13.1. The van der Waals surface area contributed by atoms with E-state index in [9.17, 15) is 18.0 Å². The number of likely N-dealkylation sites (N-methyl/N-ethyl adjacent to an activating group) is 1. The second-order valence-electron chi connectivity index (χ2n) is 3.38. The van der Waals surface area contributed by atoms with Crippen molar-refractivity contribution in [1.82, 2.24) is 4.90 Å². The number of ketones is 1. The lowest BCUT2D eigenvalue weighted by Gasteiger charge is -2.09. The van der Waals surface area contributed by atoms with Gasteiger partial charge in [0, 0.05) is 0 Å². The van der Waals surface area contributed by atoms with Crippen molar-refractivity contribution in [3.63, 3.8) is 0 Å². The molecule has 0 bridgehead atoms. The van der Waals surface area contributed by atoms with Crippen LogP contribution in [0.5, 0.6) is 0 Å². The van der Waals surface area contributed by atoms with Gasteiger partial charge in [0.15, 0.2) is 23.2 Å². The third-order valence-electron chi connectivity index (χ3n) is 1.80. The van der Waals surface area contributed by atoms with Crippen molar-refractivity contribution >= 4 is 5.78 Å². The third-order valence-corrected chi connectivity index (χ3v) is 1.80. The number of rotatable bonds is 3. The largest absolute Gasteiger partial charge is 0.302 e. The Hall–Kier alpha value is -1.36. The molecule has 0 radical (unpaired) electrons. The predicted octanol–water partition coefficient (Wildman–Crippen LogP) is 1.85. The minimum absolute atomic E-state index is 0.0536. The Kier molecular flexibility index (Phi) is 3.47. The van der Waals surface area contributed by atoms with Crippen molar-refractivity contribution < 1.29 is 18.0 Å². The van der Waals surface area contributed by atoms with Gasteiger partial charge in [-0.05, 0) is 26.2 Å². The first-order chi connectivity index (χ1) is 6.93. The smallest absolute Gasteiger partial charge is 0.195 e. The van der Waals surface area contributed by atoms with Crippen molar-refractivity contribution in [1.29, 1.82) is 0 Å². The molecular formula is C10H10F3NO. The van der Waals surface area contributed by atoms with Gasteiger partial charge in [0.25, 0.3) is 0 Å². The van der Waals surface area contributed by atoms with E-state index in [0.717, 1.165) is 12.1 Å². The Morgan fingerprint density at radius 1 is 1.20 bits per heavy atom. The standard InChI is InChI=1S/C10H10F3NO/c1-14(2)5-8(15)6-3-4-7(11)10(13)9(6)12/h3-4H,5H2,1-2H3. The maximum atomic E-state index is 13.1. The molecule has 15 heavy (non-hydrogen) atoms. The maximum Gasteiger partial charge on any atom is 0.195 e. The van der Waals surface area contributed by atoms with Crippen LogP contribution in [0.1, 0.15) is 10.4 Å². The Morgan fingerprint density at radius 3 is 2.33 bits per heavy atom. The summed E-state index contributed by atoms with van der Waals surface area (Å²) in [6, 6.07) is 1.68. The molecule has 0 spiro atoms. The van der Waals surface area contributed by atoms with Crippen molar-refractivity contribution in [2.75, 3.05) is 20.6 Å². The van der Waals surface area contributed by atoms with E-state index >= 15 is 0 Å². The summed E-state index contributed by atoms with van der Waals surface area (Å²) in [5.41, 5.74) is -0.428. The molecule has 0 atom stereocenters. The minimum Gasteiger partial charge on any atom is -0.302 e. The molecular weight excluding hydrogens is 207 g/mol. The van der Waals surface area contributed by atoms with E-state index in [-0.39, 0.29) is 6.54 Å². The molecule has 0 saturated heterocycles. The van der Waals surface area contributed by atoms with Crippen LogP contribution in [0.15, 0.2) is 12.1 Å². The van der Waals surface area contributed by atoms with E-state index in [2.05, 4.69) is 0 Å². The summed E-state index contributed by atoms with van der Waals surface area (Å²) in [6.07, 6.45) is 0. The molecule has 0 fully saturated rings. The summed E-state index contributed by atoms with van der Waals surface area (Å²) < 4.78 is 38.4. The van der Waals surface area contributed by atoms with Gasteiger partial charge in [-0.1, -0.05) is 0 Å². The first kappa shape index (κ1) is 11.7. The first-order valence-corrected chi connectivity index (χ1v) is 4.25. The topological polar surface area (TPSA) is 20.3 Å². The number of hydrogen-bond acceptors (Lipinski definition) is 2. The average Bonchev–Trinajstić information content (AvgIpc) is 2.13. The fraction of sp³-hybridized carbons (Fsp3) is 0.300. The van der Waals surface area contributed by atoms with Crippen molar-refractivity contribution in [3.05, 3.63) is 35.1 Å². The molecule has 0 amide bonds. The number of nitrogens with zero attached hydrogens (tertiary/aromatic N) is 1. The van der Waals surface area contributed by atoms with Gasteiger partial charge in [0.2, 0.25) is 0 Å². The fourth-order valence-corrected chi connectivity index (χ4v) is 1.11. The van der Waals surface area contributed by atoms with Gasteiger partial charge in [-0.25, -0.2) is 13.2 Å². The number of carbonyl (C=O) groups is 1. The highest BCUT2D eigenvalue weighted by atomic mass is 19.2. The molecule has 0 saturated carbocycles. The number of Topliss-reactive ketones (excluding diaryl/α,β-unsaturated/α-hetero) is 1. The monoisotopic (exact) mass is 217 g/mol. The summed E-state index contributed by atoms with van der Waals surface area (Å²) in [5.74, 6) is -4.92. The summed E-state index contributed by atoms with van der Waals surface area (Å²) in [6.45, 7) is -0.0536. The van der Waals surface area contributed by atoms with Crippen LogP contribution in [-0.2, 0) is 0 Å².